The van der Waals surface area contributed by atoms with Gasteiger partial charge in [-0.2, -0.15) is 0 Å². The van der Waals surface area contributed by atoms with E-state index < -0.39 is 16.9 Å². The SMILES string of the molecule is C=C(C(=O)O)C1Cc2cc([N+](=O)[O-])ccc2N1. The van der Waals surface area contributed by atoms with Crippen LogP contribution in [0, 0.1) is 10.1 Å². The Morgan fingerprint density at radius 3 is 2.88 bits per heavy atom. The quantitative estimate of drug-likeness (QED) is 0.470. The van der Waals surface area contributed by atoms with Gasteiger partial charge < -0.3 is 10.4 Å². The lowest BCUT2D eigenvalue weighted by Crippen LogP contribution is -2.22. The molecule has 88 valence electrons. The first-order valence-electron chi connectivity index (χ1n) is 4.95. The van der Waals surface area contributed by atoms with Crippen molar-refractivity contribution in [3.05, 3.63) is 46.0 Å². The molecule has 1 heterocycles. The molecule has 0 saturated heterocycles. The molecule has 0 bridgehead atoms. The fourth-order valence-corrected chi connectivity index (χ4v) is 1.82. The number of fused-ring (bicyclic) bond motifs is 1. The van der Waals surface area contributed by atoms with Crippen molar-refractivity contribution < 1.29 is 14.8 Å². The van der Waals surface area contributed by atoms with Crippen LogP contribution in [-0.2, 0) is 11.2 Å². The molecule has 1 unspecified atom stereocenters. The molecule has 0 radical (unpaired) electrons. The minimum Gasteiger partial charge on any atom is -0.478 e. The van der Waals surface area contributed by atoms with Crippen LogP contribution in [0.3, 0.4) is 0 Å². The maximum Gasteiger partial charge on any atom is 0.333 e. The fraction of sp³-hybridized carbons (Fsp3) is 0.182. The zero-order valence-corrected chi connectivity index (χ0v) is 8.84. The summed E-state index contributed by atoms with van der Waals surface area (Å²) >= 11 is 0. The van der Waals surface area contributed by atoms with Crippen molar-refractivity contribution in [3.63, 3.8) is 0 Å². The Balaban J connectivity index is 2.25. The van der Waals surface area contributed by atoms with Gasteiger partial charge in [-0.15, -0.1) is 0 Å². The first-order chi connectivity index (χ1) is 7.99. The van der Waals surface area contributed by atoms with Gasteiger partial charge in [-0.25, -0.2) is 4.79 Å². The zero-order valence-electron chi connectivity index (χ0n) is 8.84. The van der Waals surface area contributed by atoms with E-state index in [0.717, 1.165) is 11.3 Å². The second-order valence-electron chi connectivity index (χ2n) is 3.83. The van der Waals surface area contributed by atoms with Crippen LogP contribution in [0.5, 0.6) is 0 Å². The van der Waals surface area contributed by atoms with Crippen molar-refractivity contribution in [2.45, 2.75) is 12.5 Å². The number of nitrogens with zero attached hydrogens (tertiary/aromatic N) is 1. The smallest absolute Gasteiger partial charge is 0.333 e. The molecule has 0 amide bonds. The molecule has 2 N–H and O–H groups in total. The monoisotopic (exact) mass is 234 g/mol. The average Bonchev–Trinajstić information content (AvgIpc) is 2.69. The number of nitrogens with one attached hydrogen (secondary N) is 1. The summed E-state index contributed by atoms with van der Waals surface area (Å²) in [5.74, 6) is -1.06. The van der Waals surface area contributed by atoms with E-state index >= 15 is 0 Å². The van der Waals surface area contributed by atoms with Crippen molar-refractivity contribution in [2.24, 2.45) is 0 Å². The van der Waals surface area contributed by atoms with E-state index in [1.54, 1.807) is 6.07 Å². The van der Waals surface area contributed by atoms with Gasteiger partial charge in [-0.1, -0.05) is 6.58 Å². The van der Waals surface area contributed by atoms with Crippen LogP contribution in [0.1, 0.15) is 5.56 Å². The van der Waals surface area contributed by atoms with Gasteiger partial charge in [0, 0.05) is 17.8 Å². The highest BCUT2D eigenvalue weighted by Crippen LogP contribution is 2.31. The van der Waals surface area contributed by atoms with Crippen LogP contribution in [-0.4, -0.2) is 22.0 Å². The average molecular weight is 234 g/mol. The third-order valence-corrected chi connectivity index (χ3v) is 2.75. The second-order valence-corrected chi connectivity index (χ2v) is 3.83. The van der Waals surface area contributed by atoms with E-state index in [-0.39, 0.29) is 11.3 Å². The highest BCUT2D eigenvalue weighted by atomic mass is 16.6. The first-order valence-corrected chi connectivity index (χ1v) is 4.95. The Kier molecular flexibility index (Phi) is 2.55. The molecule has 1 aliphatic heterocycles. The molecule has 0 aromatic heterocycles. The molecular weight excluding hydrogens is 224 g/mol. The third kappa shape index (κ3) is 1.96. The summed E-state index contributed by atoms with van der Waals surface area (Å²) in [7, 11) is 0. The highest BCUT2D eigenvalue weighted by molar-refractivity contribution is 5.88. The highest BCUT2D eigenvalue weighted by Gasteiger charge is 2.27. The molecule has 6 heteroatoms. The summed E-state index contributed by atoms with van der Waals surface area (Å²) in [6, 6.07) is 4.03. The van der Waals surface area contributed by atoms with E-state index in [0.29, 0.717) is 6.42 Å². The minimum atomic E-state index is -1.06. The van der Waals surface area contributed by atoms with Gasteiger partial charge in [0.05, 0.1) is 16.5 Å². The third-order valence-electron chi connectivity index (χ3n) is 2.75. The van der Waals surface area contributed by atoms with E-state index in [1.165, 1.54) is 12.1 Å². The summed E-state index contributed by atoms with van der Waals surface area (Å²) in [6.45, 7) is 3.48. The van der Waals surface area contributed by atoms with Gasteiger partial charge in [-0.05, 0) is 18.1 Å². The number of hydrogen-bond donors (Lipinski definition) is 2. The molecule has 0 spiro atoms. The van der Waals surface area contributed by atoms with Crippen LogP contribution >= 0.6 is 0 Å². The summed E-state index contributed by atoms with van der Waals surface area (Å²) in [4.78, 5) is 20.9. The van der Waals surface area contributed by atoms with E-state index in [9.17, 15) is 14.9 Å². The lowest BCUT2D eigenvalue weighted by Gasteiger charge is -2.09. The van der Waals surface area contributed by atoms with Crippen LogP contribution in [0.2, 0.25) is 0 Å². The summed E-state index contributed by atoms with van der Waals surface area (Å²) in [5, 5.41) is 22.4. The number of nitro groups is 1. The van der Waals surface area contributed by atoms with E-state index in [2.05, 4.69) is 11.9 Å². The topological polar surface area (TPSA) is 92.5 Å². The molecule has 0 saturated carbocycles. The van der Waals surface area contributed by atoms with Gasteiger partial charge in [0.25, 0.3) is 5.69 Å². The molecule has 17 heavy (non-hydrogen) atoms. The number of nitro benzene ring substituents is 1. The fourth-order valence-electron chi connectivity index (χ4n) is 1.82. The minimum absolute atomic E-state index is 0.00661. The number of benzene rings is 1. The number of carboxylic acids is 1. The number of hydrogen-bond acceptors (Lipinski definition) is 4. The summed E-state index contributed by atoms with van der Waals surface area (Å²) < 4.78 is 0. The van der Waals surface area contributed by atoms with E-state index in [4.69, 9.17) is 5.11 Å². The number of non-ortho nitro benzene ring substituents is 1. The normalized spacial score (nSPS) is 17.1. The van der Waals surface area contributed by atoms with Gasteiger partial charge in [0.2, 0.25) is 0 Å². The number of anilines is 1. The van der Waals surface area contributed by atoms with Crippen LogP contribution in [0.4, 0.5) is 11.4 Å². The number of carboxylic acid groups (broad SMARTS) is 1. The number of aliphatic carboxylic acids is 1. The van der Waals surface area contributed by atoms with Crippen molar-refractivity contribution in [1.82, 2.24) is 0 Å². The van der Waals surface area contributed by atoms with Gasteiger partial charge in [-0.3, -0.25) is 10.1 Å². The van der Waals surface area contributed by atoms with Gasteiger partial charge in [0.15, 0.2) is 0 Å². The maximum atomic E-state index is 10.8. The largest absolute Gasteiger partial charge is 0.478 e. The van der Waals surface area contributed by atoms with Crippen LogP contribution < -0.4 is 5.32 Å². The lowest BCUT2D eigenvalue weighted by molar-refractivity contribution is -0.384. The Hall–Kier alpha value is -2.37. The van der Waals surface area contributed by atoms with Crippen molar-refractivity contribution in [2.75, 3.05) is 5.32 Å². The molecule has 1 aliphatic rings. The predicted octanol–water partition coefficient (Wildman–Crippen LogP) is 1.57. The maximum absolute atomic E-state index is 10.8. The second kappa shape index (κ2) is 3.89. The first kappa shape index (κ1) is 11.1. The Bertz CT molecular complexity index is 524. The number of carbonyl (C=O) groups is 1. The standard InChI is InChI=1S/C11H10N2O4/c1-6(11(14)15)10-5-7-4-8(13(16)17)2-3-9(7)12-10/h2-4,10,12H,1,5H2,(H,14,15). The molecule has 0 aliphatic carbocycles. The lowest BCUT2D eigenvalue weighted by atomic mass is 10.0. The van der Waals surface area contributed by atoms with Gasteiger partial charge >= 0.3 is 5.97 Å². The summed E-state index contributed by atoms with van der Waals surface area (Å²) in [5.41, 5.74) is 1.53. The molecule has 2 rings (SSSR count). The molecule has 0 fully saturated rings. The Labute approximate surface area is 96.7 Å². The molecule has 1 atom stereocenters. The summed E-state index contributed by atoms with van der Waals surface area (Å²) in [6.07, 6.45) is 0.405. The van der Waals surface area contributed by atoms with Crippen LogP contribution in [0.25, 0.3) is 0 Å². The molecule has 1 aromatic rings. The predicted molar refractivity (Wildman–Crippen MR) is 61.0 cm³/mol. The molecule has 1 aromatic carbocycles. The van der Waals surface area contributed by atoms with Crippen molar-refractivity contribution >= 4 is 17.3 Å². The van der Waals surface area contributed by atoms with Crippen LogP contribution in [0.15, 0.2) is 30.4 Å². The molecular formula is C11H10N2O4. The van der Waals surface area contributed by atoms with E-state index in [1.807, 2.05) is 0 Å². The van der Waals surface area contributed by atoms with Crippen molar-refractivity contribution in [1.29, 1.82) is 0 Å². The Morgan fingerprint density at radius 1 is 1.59 bits per heavy atom. The number of rotatable bonds is 3. The van der Waals surface area contributed by atoms with Crippen molar-refractivity contribution in [3.8, 4) is 0 Å². The zero-order chi connectivity index (χ0) is 12.6. The Morgan fingerprint density at radius 2 is 2.29 bits per heavy atom. The molecule has 6 nitrogen and oxygen atoms in total. The van der Waals surface area contributed by atoms with Gasteiger partial charge in [0.1, 0.15) is 0 Å².